The van der Waals surface area contributed by atoms with Gasteiger partial charge in [0.1, 0.15) is 11.6 Å². The van der Waals surface area contributed by atoms with Crippen molar-refractivity contribution in [3.8, 4) is 0 Å². The number of halogens is 2. The Morgan fingerprint density at radius 3 is 2.65 bits per heavy atom. The van der Waals surface area contributed by atoms with Crippen molar-refractivity contribution in [1.29, 1.82) is 0 Å². The quantitative estimate of drug-likeness (QED) is 0.656. The lowest BCUT2D eigenvalue weighted by atomic mass is 9.98. The van der Waals surface area contributed by atoms with Crippen LogP contribution in [-0.2, 0) is 0 Å². The van der Waals surface area contributed by atoms with Crippen molar-refractivity contribution in [3.05, 3.63) is 29.8 Å². The molecule has 2 aliphatic heterocycles. The molecule has 0 aromatic heterocycles. The number of nitrogens with one attached hydrogen (secondary N) is 1. The molecule has 1 N–H and O–H groups in total. The minimum absolute atomic E-state index is 0.345. The van der Waals surface area contributed by atoms with Crippen LogP contribution in [0.4, 0.5) is 14.5 Å². The van der Waals surface area contributed by atoms with Crippen molar-refractivity contribution in [2.45, 2.75) is 12.8 Å². The van der Waals surface area contributed by atoms with E-state index in [0.717, 1.165) is 38.2 Å². The number of rotatable bonds is 3. The van der Waals surface area contributed by atoms with Crippen molar-refractivity contribution in [1.82, 2.24) is 15.1 Å². The first kappa shape index (κ1) is 18.9. The van der Waals surface area contributed by atoms with E-state index in [0.29, 0.717) is 24.7 Å². The van der Waals surface area contributed by atoms with E-state index in [1.165, 1.54) is 31.5 Å². The fourth-order valence-electron chi connectivity index (χ4n) is 3.90. The average molecular weight is 365 g/mol. The molecule has 144 valence electrons. The summed E-state index contributed by atoms with van der Waals surface area (Å²) in [6.07, 6.45) is 2.50. The molecule has 2 saturated heterocycles. The molecule has 7 heteroatoms. The molecule has 3 rings (SSSR count). The van der Waals surface area contributed by atoms with E-state index < -0.39 is 5.82 Å². The van der Waals surface area contributed by atoms with Gasteiger partial charge in [0.05, 0.1) is 5.69 Å². The summed E-state index contributed by atoms with van der Waals surface area (Å²) in [5, 5.41) is 3.50. The van der Waals surface area contributed by atoms with Crippen LogP contribution in [0.1, 0.15) is 12.8 Å². The second kappa shape index (κ2) is 8.66. The van der Waals surface area contributed by atoms with Gasteiger partial charge >= 0.3 is 0 Å². The van der Waals surface area contributed by atoms with Gasteiger partial charge in [-0.25, -0.2) is 8.78 Å². The Morgan fingerprint density at radius 2 is 1.96 bits per heavy atom. The third kappa shape index (κ3) is 4.63. The fourth-order valence-corrected chi connectivity index (χ4v) is 3.90. The number of likely N-dealkylation sites (tertiary alicyclic amines) is 1. The first-order valence-corrected chi connectivity index (χ1v) is 9.41. The first-order valence-electron chi connectivity index (χ1n) is 9.41. The Balaban J connectivity index is 1.52. The second-order valence-corrected chi connectivity index (χ2v) is 7.27. The van der Waals surface area contributed by atoms with Crippen molar-refractivity contribution in [3.63, 3.8) is 0 Å². The number of nitrogens with zero attached hydrogens (tertiary/aromatic N) is 4. The monoisotopic (exact) mass is 365 g/mol. The Kier molecular flexibility index (Phi) is 6.29. The van der Waals surface area contributed by atoms with Crippen molar-refractivity contribution in [2.75, 3.05) is 64.8 Å². The molecule has 1 unspecified atom stereocenters. The highest BCUT2D eigenvalue weighted by Gasteiger charge is 2.23. The molecule has 0 radical (unpaired) electrons. The lowest BCUT2D eigenvalue weighted by Crippen LogP contribution is -2.53. The van der Waals surface area contributed by atoms with Gasteiger partial charge in [-0.2, -0.15) is 0 Å². The molecule has 2 aliphatic rings. The number of hydrogen-bond donors (Lipinski definition) is 1. The zero-order valence-electron chi connectivity index (χ0n) is 15.7. The van der Waals surface area contributed by atoms with Gasteiger partial charge in [-0.15, -0.1) is 0 Å². The van der Waals surface area contributed by atoms with E-state index >= 15 is 0 Å². The van der Waals surface area contributed by atoms with E-state index in [9.17, 15) is 8.78 Å². The maximum absolute atomic E-state index is 14.0. The molecule has 0 spiro atoms. The average Bonchev–Trinajstić information content (AvgIpc) is 2.65. The lowest BCUT2D eigenvalue weighted by Gasteiger charge is -2.38. The highest BCUT2D eigenvalue weighted by Crippen LogP contribution is 2.22. The Labute approximate surface area is 154 Å². The van der Waals surface area contributed by atoms with Gasteiger partial charge in [0, 0.05) is 52.4 Å². The highest BCUT2D eigenvalue weighted by molar-refractivity contribution is 5.80. The van der Waals surface area contributed by atoms with Crippen LogP contribution >= 0.6 is 0 Å². The molecule has 1 atom stereocenters. The molecule has 26 heavy (non-hydrogen) atoms. The summed E-state index contributed by atoms with van der Waals surface area (Å²) in [5.74, 6) is 0.772. The zero-order chi connectivity index (χ0) is 18.5. The van der Waals surface area contributed by atoms with Crippen LogP contribution < -0.4 is 10.2 Å². The molecule has 0 bridgehead atoms. The smallest absolute Gasteiger partial charge is 0.193 e. The number of piperidine rings is 1. The van der Waals surface area contributed by atoms with Crippen LogP contribution in [0, 0.1) is 17.6 Å². The van der Waals surface area contributed by atoms with E-state index in [-0.39, 0.29) is 5.82 Å². The molecular weight excluding hydrogens is 336 g/mol. The molecule has 0 saturated carbocycles. The molecule has 0 amide bonds. The highest BCUT2D eigenvalue weighted by atomic mass is 19.1. The van der Waals surface area contributed by atoms with Crippen LogP contribution in [0.25, 0.3) is 0 Å². The molecule has 1 aromatic rings. The summed E-state index contributed by atoms with van der Waals surface area (Å²) >= 11 is 0. The van der Waals surface area contributed by atoms with E-state index in [4.69, 9.17) is 0 Å². The zero-order valence-corrected chi connectivity index (χ0v) is 15.7. The topological polar surface area (TPSA) is 34.1 Å². The van der Waals surface area contributed by atoms with Crippen LogP contribution in [0.5, 0.6) is 0 Å². The summed E-state index contributed by atoms with van der Waals surface area (Å²) in [4.78, 5) is 10.9. The third-order valence-corrected chi connectivity index (χ3v) is 5.31. The molecule has 2 heterocycles. The molecular formula is C19H29F2N5. The molecule has 5 nitrogen and oxygen atoms in total. The van der Waals surface area contributed by atoms with Gasteiger partial charge < -0.3 is 20.0 Å². The predicted octanol–water partition coefficient (Wildman–Crippen LogP) is 2.00. The van der Waals surface area contributed by atoms with Gasteiger partial charge in [-0.05, 0) is 44.5 Å². The third-order valence-electron chi connectivity index (χ3n) is 5.31. The van der Waals surface area contributed by atoms with Crippen molar-refractivity contribution in [2.24, 2.45) is 10.9 Å². The number of guanidine groups is 1. The summed E-state index contributed by atoms with van der Waals surface area (Å²) < 4.78 is 27.4. The maximum Gasteiger partial charge on any atom is 0.193 e. The van der Waals surface area contributed by atoms with Gasteiger partial charge in [-0.1, -0.05) is 0 Å². The molecule has 1 aromatic carbocycles. The van der Waals surface area contributed by atoms with Gasteiger partial charge in [0.25, 0.3) is 0 Å². The minimum atomic E-state index is -0.404. The minimum Gasteiger partial charge on any atom is -0.366 e. The standard InChI is InChI=1S/C19H29F2N5/c1-22-19(23-13-15-4-3-7-24(2)14-15)26-10-8-25(9-11-26)18-12-16(20)5-6-17(18)21/h5-6,12,15H,3-4,7-11,13-14H2,1-2H3,(H,22,23). The molecule has 2 fully saturated rings. The molecule has 0 aliphatic carbocycles. The van der Waals surface area contributed by atoms with Crippen LogP contribution in [0.15, 0.2) is 23.2 Å². The van der Waals surface area contributed by atoms with Crippen LogP contribution in [0.3, 0.4) is 0 Å². The normalized spacial score (nSPS) is 22.6. The van der Waals surface area contributed by atoms with Crippen molar-refractivity contribution >= 4 is 11.6 Å². The van der Waals surface area contributed by atoms with Gasteiger partial charge in [0.2, 0.25) is 0 Å². The maximum atomic E-state index is 14.0. The van der Waals surface area contributed by atoms with Gasteiger partial charge in [0.15, 0.2) is 5.96 Å². The number of aliphatic imine (C=N–C) groups is 1. The summed E-state index contributed by atoms with van der Waals surface area (Å²) in [7, 11) is 3.97. The van der Waals surface area contributed by atoms with E-state index in [1.807, 2.05) is 4.90 Å². The summed E-state index contributed by atoms with van der Waals surface area (Å²) in [6, 6.07) is 3.62. The van der Waals surface area contributed by atoms with Crippen LogP contribution in [-0.4, -0.2) is 75.7 Å². The Morgan fingerprint density at radius 1 is 1.19 bits per heavy atom. The van der Waals surface area contributed by atoms with Crippen LogP contribution in [0.2, 0.25) is 0 Å². The Hall–Kier alpha value is -1.89. The van der Waals surface area contributed by atoms with Gasteiger partial charge in [-0.3, -0.25) is 4.99 Å². The van der Waals surface area contributed by atoms with Crippen molar-refractivity contribution < 1.29 is 8.78 Å². The number of hydrogen-bond acceptors (Lipinski definition) is 3. The largest absolute Gasteiger partial charge is 0.366 e. The number of benzene rings is 1. The predicted molar refractivity (Wildman–Crippen MR) is 102 cm³/mol. The summed E-state index contributed by atoms with van der Waals surface area (Å²) in [5.41, 5.74) is 0.345. The first-order chi connectivity index (χ1) is 12.6. The fraction of sp³-hybridized carbons (Fsp3) is 0.632. The summed E-state index contributed by atoms with van der Waals surface area (Å²) in [6.45, 7) is 6.00. The Bertz CT molecular complexity index is 628. The SMILES string of the molecule is CN=C(NCC1CCCN(C)C1)N1CCN(c2cc(F)ccc2F)CC1. The lowest BCUT2D eigenvalue weighted by molar-refractivity contribution is 0.209. The number of piperazine rings is 1. The number of anilines is 1. The van der Waals surface area contributed by atoms with E-state index in [2.05, 4.69) is 27.2 Å². The second-order valence-electron chi connectivity index (χ2n) is 7.27. The van der Waals surface area contributed by atoms with E-state index in [1.54, 1.807) is 7.05 Å².